The highest BCUT2D eigenvalue weighted by molar-refractivity contribution is 5.95. The van der Waals surface area contributed by atoms with Gasteiger partial charge in [-0.3, -0.25) is 9.59 Å². The maximum atomic E-state index is 12.4. The number of nitrogens with zero attached hydrogens (tertiary/aromatic N) is 2. The van der Waals surface area contributed by atoms with E-state index in [0.717, 1.165) is 5.56 Å². The third-order valence-electron chi connectivity index (χ3n) is 4.54. The number of benzene rings is 1. The number of hydrogen-bond donors (Lipinski definition) is 0. The molecule has 1 saturated heterocycles. The smallest absolute Gasteiger partial charge is 0.329 e. The van der Waals surface area contributed by atoms with E-state index in [1.165, 1.54) is 16.1 Å². The van der Waals surface area contributed by atoms with Crippen LogP contribution in [0.25, 0.3) is 0 Å². The van der Waals surface area contributed by atoms with E-state index in [1.54, 1.807) is 19.2 Å². The lowest BCUT2D eigenvalue weighted by atomic mass is 10.2. The Labute approximate surface area is 157 Å². The first-order valence-electron chi connectivity index (χ1n) is 8.85. The molecule has 2 amide bonds. The molecule has 0 bridgehead atoms. The molecule has 7 nitrogen and oxygen atoms in total. The predicted molar refractivity (Wildman–Crippen MR) is 96.6 cm³/mol. The molecule has 2 aromatic rings. The average Bonchev–Trinajstić information content (AvgIpc) is 3.37. The summed E-state index contributed by atoms with van der Waals surface area (Å²) in [5, 5.41) is 0. The van der Waals surface area contributed by atoms with E-state index < -0.39 is 12.0 Å². The van der Waals surface area contributed by atoms with Crippen LogP contribution < -0.4 is 0 Å². The molecular weight excluding hydrogens is 348 g/mol. The first kappa shape index (κ1) is 18.7. The summed E-state index contributed by atoms with van der Waals surface area (Å²) < 4.78 is 10.3. The van der Waals surface area contributed by atoms with Crippen LogP contribution in [0, 0.1) is 0 Å². The van der Waals surface area contributed by atoms with Crippen LogP contribution in [0.3, 0.4) is 0 Å². The Morgan fingerprint density at radius 3 is 2.67 bits per heavy atom. The van der Waals surface area contributed by atoms with Crippen molar-refractivity contribution in [1.82, 2.24) is 9.80 Å². The normalized spacial score (nSPS) is 16.2. The van der Waals surface area contributed by atoms with Crippen LogP contribution in [0.2, 0.25) is 0 Å². The number of ether oxygens (including phenoxy) is 1. The Hall–Kier alpha value is -3.09. The van der Waals surface area contributed by atoms with Crippen molar-refractivity contribution in [2.75, 3.05) is 20.2 Å². The van der Waals surface area contributed by atoms with E-state index in [0.29, 0.717) is 25.9 Å². The fraction of sp³-hybridized carbons (Fsp3) is 0.350. The van der Waals surface area contributed by atoms with E-state index in [1.807, 2.05) is 30.3 Å². The number of hydrogen-bond acceptors (Lipinski definition) is 5. The van der Waals surface area contributed by atoms with Gasteiger partial charge in [-0.15, -0.1) is 0 Å². The van der Waals surface area contributed by atoms with E-state index in [9.17, 15) is 14.4 Å². The molecule has 1 aromatic carbocycles. The Morgan fingerprint density at radius 1 is 1.19 bits per heavy atom. The van der Waals surface area contributed by atoms with Crippen molar-refractivity contribution in [3.63, 3.8) is 0 Å². The molecule has 2 heterocycles. The lowest BCUT2D eigenvalue weighted by Gasteiger charge is -2.23. The zero-order valence-corrected chi connectivity index (χ0v) is 15.2. The largest absolute Gasteiger partial charge is 0.459 e. The molecule has 142 valence electrons. The van der Waals surface area contributed by atoms with Crippen molar-refractivity contribution in [3.05, 3.63) is 60.1 Å². The highest BCUT2D eigenvalue weighted by Crippen LogP contribution is 2.21. The van der Waals surface area contributed by atoms with Crippen molar-refractivity contribution < 1.29 is 23.5 Å². The number of amides is 2. The minimum atomic E-state index is -0.685. The minimum Gasteiger partial charge on any atom is -0.459 e. The van der Waals surface area contributed by atoms with Gasteiger partial charge in [0.1, 0.15) is 6.04 Å². The topological polar surface area (TPSA) is 80.1 Å². The van der Waals surface area contributed by atoms with E-state index in [-0.39, 0.29) is 24.2 Å². The maximum Gasteiger partial charge on any atom is 0.329 e. The van der Waals surface area contributed by atoms with E-state index in [2.05, 4.69) is 0 Å². The molecule has 1 aliphatic rings. The van der Waals surface area contributed by atoms with Gasteiger partial charge in [-0.2, -0.15) is 0 Å². The van der Waals surface area contributed by atoms with Gasteiger partial charge in [-0.25, -0.2) is 4.79 Å². The third-order valence-corrected chi connectivity index (χ3v) is 4.54. The van der Waals surface area contributed by atoms with Crippen molar-refractivity contribution in [3.8, 4) is 0 Å². The summed E-state index contributed by atoms with van der Waals surface area (Å²) in [6.07, 6.45) is 2.63. The predicted octanol–water partition coefficient (Wildman–Crippen LogP) is 2.09. The highest BCUT2D eigenvalue weighted by atomic mass is 16.5. The Kier molecular flexibility index (Phi) is 5.90. The number of esters is 1. The molecule has 0 radical (unpaired) electrons. The van der Waals surface area contributed by atoms with Crippen LogP contribution in [0.5, 0.6) is 0 Å². The van der Waals surface area contributed by atoms with Gasteiger partial charge < -0.3 is 19.0 Å². The minimum absolute atomic E-state index is 0.188. The van der Waals surface area contributed by atoms with Gasteiger partial charge >= 0.3 is 5.97 Å². The monoisotopic (exact) mass is 370 g/mol. The molecule has 1 atom stereocenters. The van der Waals surface area contributed by atoms with Gasteiger partial charge in [0.15, 0.2) is 12.4 Å². The highest BCUT2D eigenvalue weighted by Gasteiger charge is 2.36. The lowest BCUT2D eigenvalue weighted by Crippen LogP contribution is -2.42. The summed E-state index contributed by atoms with van der Waals surface area (Å²) >= 11 is 0. The summed E-state index contributed by atoms with van der Waals surface area (Å²) in [4.78, 5) is 40.0. The molecule has 0 unspecified atom stereocenters. The standard InChI is InChI=1S/C20H22N2O5/c1-21(13-15-7-3-2-4-8-15)18(23)14-27-20(25)16-9-5-11-22(16)19(24)17-10-6-12-26-17/h2-4,6-8,10,12,16H,5,9,11,13-14H2,1H3/t16-/m0/s1. The average molecular weight is 370 g/mol. The molecule has 0 N–H and O–H groups in total. The number of rotatable bonds is 6. The molecule has 0 saturated carbocycles. The zero-order valence-electron chi connectivity index (χ0n) is 15.2. The fourth-order valence-electron chi connectivity index (χ4n) is 3.08. The van der Waals surface area contributed by atoms with Crippen LogP contribution in [0.4, 0.5) is 0 Å². The number of carbonyl (C=O) groups is 3. The summed E-state index contributed by atoms with van der Waals surface area (Å²) in [6, 6.07) is 12.1. The van der Waals surface area contributed by atoms with Gasteiger partial charge in [-0.1, -0.05) is 30.3 Å². The molecule has 1 aromatic heterocycles. The Bertz CT molecular complexity index is 788. The van der Waals surface area contributed by atoms with Crippen LogP contribution in [0.1, 0.15) is 29.0 Å². The summed E-state index contributed by atoms with van der Waals surface area (Å²) in [5.41, 5.74) is 0.991. The number of furan rings is 1. The van der Waals surface area contributed by atoms with Crippen LogP contribution in [0.15, 0.2) is 53.1 Å². The summed E-state index contributed by atoms with van der Waals surface area (Å²) in [7, 11) is 1.66. The molecule has 1 fully saturated rings. The van der Waals surface area contributed by atoms with Crippen LogP contribution in [-0.2, 0) is 20.9 Å². The summed E-state index contributed by atoms with van der Waals surface area (Å²) in [5.74, 6) is -1.01. The molecule has 7 heteroatoms. The van der Waals surface area contributed by atoms with Crippen molar-refractivity contribution in [2.45, 2.75) is 25.4 Å². The second-order valence-electron chi connectivity index (χ2n) is 6.48. The lowest BCUT2D eigenvalue weighted by molar-refractivity contribution is -0.155. The third kappa shape index (κ3) is 4.55. The zero-order chi connectivity index (χ0) is 19.2. The van der Waals surface area contributed by atoms with Crippen molar-refractivity contribution >= 4 is 17.8 Å². The quantitative estimate of drug-likeness (QED) is 0.728. The molecule has 3 rings (SSSR count). The van der Waals surface area contributed by atoms with E-state index in [4.69, 9.17) is 9.15 Å². The molecule has 1 aliphatic heterocycles. The summed E-state index contributed by atoms with van der Waals surface area (Å²) in [6.45, 7) is 0.548. The molecule has 27 heavy (non-hydrogen) atoms. The van der Waals surface area contributed by atoms with Gasteiger partial charge in [-0.05, 0) is 30.5 Å². The van der Waals surface area contributed by atoms with Gasteiger partial charge in [0.25, 0.3) is 11.8 Å². The first-order chi connectivity index (χ1) is 13.1. The number of likely N-dealkylation sites (tertiary alicyclic amines) is 1. The van der Waals surface area contributed by atoms with Gasteiger partial charge in [0.05, 0.1) is 6.26 Å². The van der Waals surface area contributed by atoms with Gasteiger partial charge in [0, 0.05) is 20.1 Å². The van der Waals surface area contributed by atoms with Crippen LogP contribution in [-0.4, -0.2) is 53.8 Å². The number of carbonyl (C=O) groups excluding carboxylic acids is 3. The van der Waals surface area contributed by atoms with E-state index >= 15 is 0 Å². The Balaban J connectivity index is 1.52. The first-order valence-corrected chi connectivity index (χ1v) is 8.85. The fourth-order valence-corrected chi connectivity index (χ4v) is 3.08. The van der Waals surface area contributed by atoms with Crippen LogP contribution >= 0.6 is 0 Å². The second-order valence-corrected chi connectivity index (χ2v) is 6.48. The molecular formula is C20H22N2O5. The second kappa shape index (κ2) is 8.53. The van der Waals surface area contributed by atoms with Crippen molar-refractivity contribution in [2.24, 2.45) is 0 Å². The van der Waals surface area contributed by atoms with Crippen molar-refractivity contribution in [1.29, 1.82) is 0 Å². The maximum absolute atomic E-state index is 12.4. The SMILES string of the molecule is CN(Cc1ccccc1)C(=O)COC(=O)[C@@H]1CCCN1C(=O)c1ccco1. The molecule has 0 spiro atoms. The van der Waals surface area contributed by atoms with Gasteiger partial charge in [0.2, 0.25) is 0 Å². The molecule has 0 aliphatic carbocycles. The number of likely N-dealkylation sites (N-methyl/N-ethyl adjacent to an activating group) is 1. The Morgan fingerprint density at radius 2 is 1.96 bits per heavy atom.